The van der Waals surface area contributed by atoms with Gasteiger partial charge in [0.05, 0.1) is 17.8 Å². The van der Waals surface area contributed by atoms with E-state index < -0.39 is 0 Å². The maximum absolute atomic E-state index is 12.1. The molecule has 1 aromatic heterocycles. The lowest BCUT2D eigenvalue weighted by Gasteiger charge is -2.18. The van der Waals surface area contributed by atoms with Crippen LogP contribution in [0.5, 0.6) is 0 Å². The van der Waals surface area contributed by atoms with Gasteiger partial charge < -0.3 is 19.9 Å². The van der Waals surface area contributed by atoms with Gasteiger partial charge in [0.15, 0.2) is 0 Å². The van der Waals surface area contributed by atoms with Crippen molar-refractivity contribution in [3.63, 3.8) is 0 Å². The molecule has 6 heteroatoms. The van der Waals surface area contributed by atoms with E-state index in [4.69, 9.17) is 9.26 Å². The zero-order chi connectivity index (χ0) is 12.4. The van der Waals surface area contributed by atoms with Crippen molar-refractivity contribution in [1.29, 1.82) is 0 Å². The minimum atomic E-state index is -0.156. The molecule has 1 aromatic rings. The fourth-order valence-corrected chi connectivity index (χ4v) is 2.09. The first-order valence-corrected chi connectivity index (χ1v) is 5.60. The molecule has 0 saturated carbocycles. The van der Waals surface area contributed by atoms with Crippen molar-refractivity contribution in [3.05, 3.63) is 17.0 Å². The van der Waals surface area contributed by atoms with Gasteiger partial charge in [0.2, 0.25) is 0 Å². The van der Waals surface area contributed by atoms with E-state index in [1.54, 1.807) is 21.0 Å². The van der Waals surface area contributed by atoms with E-state index in [0.717, 1.165) is 6.54 Å². The van der Waals surface area contributed by atoms with Crippen molar-refractivity contribution in [1.82, 2.24) is 15.8 Å². The smallest absolute Gasteiger partial charge is 0.257 e. The minimum Gasteiger partial charge on any atom is -0.378 e. The number of aromatic nitrogens is 1. The second kappa shape index (κ2) is 4.85. The van der Waals surface area contributed by atoms with Crippen LogP contribution in [0.3, 0.4) is 0 Å². The van der Waals surface area contributed by atoms with Crippen molar-refractivity contribution in [2.75, 3.05) is 20.2 Å². The number of carbonyl (C=O) groups is 1. The van der Waals surface area contributed by atoms with E-state index in [9.17, 15) is 4.79 Å². The Kier molecular flexibility index (Phi) is 3.44. The molecule has 0 radical (unpaired) electrons. The molecule has 0 bridgehead atoms. The number of methoxy groups -OCH3 is 1. The van der Waals surface area contributed by atoms with Crippen LogP contribution in [0.25, 0.3) is 0 Å². The SMILES string of the molecule is CO[C@H]1CNCC1NC(=O)c1c(C)noc1C. The van der Waals surface area contributed by atoms with Crippen LogP contribution in [0.2, 0.25) is 0 Å². The Morgan fingerprint density at radius 2 is 2.29 bits per heavy atom. The zero-order valence-corrected chi connectivity index (χ0v) is 10.2. The van der Waals surface area contributed by atoms with Crippen LogP contribution in [0.4, 0.5) is 0 Å². The third kappa shape index (κ3) is 2.32. The summed E-state index contributed by atoms with van der Waals surface area (Å²) in [6, 6.07) is -0.0128. The third-order valence-corrected chi connectivity index (χ3v) is 3.04. The van der Waals surface area contributed by atoms with Crippen molar-refractivity contribution in [2.45, 2.75) is 26.0 Å². The first-order chi connectivity index (χ1) is 8.13. The molecule has 2 rings (SSSR count). The molecule has 1 aliphatic rings. The standard InChI is InChI=1S/C11H17N3O3/c1-6-10(7(2)17-14-6)11(15)13-8-4-12-5-9(8)16-3/h8-9,12H,4-5H2,1-3H3,(H,13,15)/t8?,9-/m0/s1. The maximum atomic E-state index is 12.1. The molecular formula is C11H17N3O3. The van der Waals surface area contributed by atoms with E-state index >= 15 is 0 Å². The quantitative estimate of drug-likeness (QED) is 0.777. The molecule has 1 unspecified atom stereocenters. The molecular weight excluding hydrogens is 222 g/mol. The molecule has 2 N–H and O–H groups in total. The molecule has 0 aliphatic carbocycles. The molecule has 17 heavy (non-hydrogen) atoms. The highest BCUT2D eigenvalue weighted by molar-refractivity contribution is 5.96. The summed E-state index contributed by atoms with van der Waals surface area (Å²) in [5.41, 5.74) is 1.13. The lowest BCUT2D eigenvalue weighted by atomic mass is 10.1. The Balaban J connectivity index is 2.07. The van der Waals surface area contributed by atoms with Gasteiger partial charge in [-0.25, -0.2) is 0 Å². The summed E-state index contributed by atoms with van der Waals surface area (Å²) in [4.78, 5) is 12.1. The van der Waals surface area contributed by atoms with E-state index in [1.165, 1.54) is 0 Å². The summed E-state index contributed by atoms with van der Waals surface area (Å²) in [5, 5.41) is 9.88. The summed E-state index contributed by atoms with van der Waals surface area (Å²) in [5.74, 6) is 0.386. The Morgan fingerprint density at radius 1 is 1.53 bits per heavy atom. The molecule has 0 spiro atoms. The summed E-state index contributed by atoms with van der Waals surface area (Å²) >= 11 is 0. The van der Waals surface area contributed by atoms with Crippen LogP contribution < -0.4 is 10.6 Å². The Morgan fingerprint density at radius 3 is 2.88 bits per heavy atom. The van der Waals surface area contributed by atoms with E-state index in [2.05, 4.69) is 15.8 Å². The number of nitrogens with zero attached hydrogens (tertiary/aromatic N) is 1. The van der Waals surface area contributed by atoms with Crippen LogP contribution in [0.15, 0.2) is 4.52 Å². The summed E-state index contributed by atoms with van der Waals surface area (Å²) in [7, 11) is 1.65. The number of carbonyl (C=O) groups excluding carboxylic acids is 1. The van der Waals surface area contributed by atoms with Gasteiger partial charge in [0.1, 0.15) is 11.3 Å². The zero-order valence-electron chi connectivity index (χ0n) is 10.2. The number of hydrogen-bond donors (Lipinski definition) is 2. The summed E-state index contributed by atoms with van der Waals surface area (Å²) < 4.78 is 10.3. The van der Waals surface area contributed by atoms with Gasteiger partial charge in [-0.15, -0.1) is 0 Å². The average Bonchev–Trinajstić information content (AvgIpc) is 2.85. The Hall–Kier alpha value is -1.40. The van der Waals surface area contributed by atoms with Crippen molar-refractivity contribution in [3.8, 4) is 0 Å². The molecule has 1 saturated heterocycles. The van der Waals surface area contributed by atoms with Gasteiger partial charge in [-0.2, -0.15) is 0 Å². The van der Waals surface area contributed by atoms with Crippen molar-refractivity contribution < 1.29 is 14.1 Å². The Bertz CT molecular complexity index is 397. The molecule has 2 heterocycles. The Labute approximate surface area is 99.7 Å². The first-order valence-electron chi connectivity index (χ1n) is 5.60. The summed E-state index contributed by atoms with van der Waals surface area (Å²) in [6.07, 6.45) is 0.0134. The second-order valence-corrected chi connectivity index (χ2v) is 4.21. The number of ether oxygens (including phenoxy) is 1. The number of nitrogens with one attached hydrogen (secondary N) is 2. The molecule has 1 fully saturated rings. The molecule has 6 nitrogen and oxygen atoms in total. The largest absolute Gasteiger partial charge is 0.378 e. The van der Waals surface area contributed by atoms with Crippen LogP contribution in [-0.4, -0.2) is 43.4 Å². The lowest BCUT2D eigenvalue weighted by Crippen LogP contribution is -2.43. The molecule has 0 aromatic carbocycles. The van der Waals surface area contributed by atoms with Crippen LogP contribution >= 0.6 is 0 Å². The van der Waals surface area contributed by atoms with Gasteiger partial charge >= 0.3 is 0 Å². The average molecular weight is 239 g/mol. The lowest BCUT2D eigenvalue weighted by molar-refractivity contribution is 0.0778. The van der Waals surface area contributed by atoms with Gasteiger partial charge in [-0.05, 0) is 13.8 Å². The predicted molar refractivity (Wildman–Crippen MR) is 60.9 cm³/mol. The van der Waals surface area contributed by atoms with Crippen LogP contribution in [0, 0.1) is 13.8 Å². The van der Waals surface area contributed by atoms with E-state index in [-0.39, 0.29) is 18.1 Å². The number of rotatable bonds is 3. The highest BCUT2D eigenvalue weighted by Crippen LogP contribution is 2.13. The van der Waals surface area contributed by atoms with Gasteiger partial charge in [-0.1, -0.05) is 5.16 Å². The molecule has 1 amide bonds. The number of hydrogen-bond acceptors (Lipinski definition) is 5. The third-order valence-electron chi connectivity index (χ3n) is 3.04. The maximum Gasteiger partial charge on any atom is 0.257 e. The van der Waals surface area contributed by atoms with Gasteiger partial charge in [0.25, 0.3) is 5.91 Å². The summed E-state index contributed by atoms with van der Waals surface area (Å²) in [6.45, 7) is 4.96. The van der Waals surface area contributed by atoms with Crippen molar-refractivity contribution >= 4 is 5.91 Å². The number of amides is 1. The second-order valence-electron chi connectivity index (χ2n) is 4.21. The highest BCUT2D eigenvalue weighted by atomic mass is 16.5. The number of aryl methyl sites for hydroxylation is 2. The van der Waals surface area contributed by atoms with Gasteiger partial charge in [-0.3, -0.25) is 4.79 Å². The minimum absolute atomic E-state index is 0.0128. The predicted octanol–water partition coefficient (Wildman–Crippen LogP) is 0.00804. The fraction of sp³-hybridized carbons (Fsp3) is 0.636. The van der Waals surface area contributed by atoms with Crippen LogP contribution in [-0.2, 0) is 4.74 Å². The van der Waals surface area contributed by atoms with E-state index in [0.29, 0.717) is 23.6 Å². The monoisotopic (exact) mass is 239 g/mol. The normalized spacial score (nSPS) is 23.9. The molecule has 1 aliphatic heterocycles. The fourth-order valence-electron chi connectivity index (χ4n) is 2.09. The van der Waals surface area contributed by atoms with Crippen LogP contribution in [0.1, 0.15) is 21.8 Å². The molecule has 2 atom stereocenters. The van der Waals surface area contributed by atoms with E-state index in [1.807, 2.05) is 0 Å². The van der Waals surface area contributed by atoms with Gasteiger partial charge in [0, 0.05) is 20.2 Å². The molecule has 94 valence electrons. The first kappa shape index (κ1) is 12.1. The topological polar surface area (TPSA) is 76.4 Å². The van der Waals surface area contributed by atoms with Crippen molar-refractivity contribution in [2.24, 2.45) is 0 Å². The highest BCUT2D eigenvalue weighted by Gasteiger charge is 2.29.